The second-order valence-electron chi connectivity index (χ2n) is 12.1. The molecule has 260 valence electrons. The number of hydrogen-bond donors (Lipinski definition) is 2. The van der Waals surface area contributed by atoms with Crippen LogP contribution in [0.15, 0.2) is 143 Å². The molecule has 2 unspecified atom stereocenters. The van der Waals surface area contributed by atoms with E-state index in [2.05, 4.69) is 119 Å². The van der Waals surface area contributed by atoms with Crippen LogP contribution in [0.5, 0.6) is 0 Å². The number of benzene rings is 3. The highest BCUT2D eigenvalue weighted by atomic mass is 79.9. The molecule has 8 rings (SSSR count). The molecule has 5 heterocycles. The lowest BCUT2D eigenvalue weighted by Crippen LogP contribution is -2.24. The first-order valence-corrected chi connectivity index (χ1v) is 19.2. The number of H-pyrrole nitrogens is 2. The van der Waals surface area contributed by atoms with Crippen LogP contribution in [-0.4, -0.2) is 40.0 Å². The van der Waals surface area contributed by atoms with Gasteiger partial charge in [-0.2, -0.15) is 0 Å². The minimum Gasteiger partial charge on any atom is -0.440 e. The number of halogens is 4. The summed E-state index contributed by atoms with van der Waals surface area (Å²) in [5.74, 6) is 0.376. The summed E-state index contributed by atoms with van der Waals surface area (Å²) in [7, 11) is 0. The fraction of sp³-hybridized carbons (Fsp3) is 0.108. The number of fused-ring (bicyclic) bond motifs is 1. The monoisotopic (exact) mass is 945 g/mol. The Bertz CT molecular complexity index is 2370. The Balaban J connectivity index is 1.16. The molecule has 0 bridgehead atoms. The molecule has 0 aliphatic heterocycles. The second-order valence-corrected chi connectivity index (χ2v) is 15.4. The van der Waals surface area contributed by atoms with E-state index in [1.54, 1.807) is 12.1 Å². The number of aromatic amines is 2. The molecule has 2 N–H and O–H groups in total. The van der Waals surface area contributed by atoms with Crippen molar-refractivity contribution in [2.75, 3.05) is 4.90 Å². The third-order valence-corrected chi connectivity index (χ3v) is 12.2. The number of para-hydroxylation sites is 1. The lowest BCUT2D eigenvalue weighted by molar-refractivity contribution is 0.558. The van der Waals surface area contributed by atoms with E-state index in [1.807, 2.05) is 87.3 Å². The molecule has 0 fully saturated rings. The Kier molecular flexibility index (Phi) is 9.83. The summed E-state index contributed by atoms with van der Waals surface area (Å²) in [6.45, 7) is 0.540. The zero-order chi connectivity index (χ0) is 35.8. The molecule has 8 aromatic rings. The van der Waals surface area contributed by atoms with Gasteiger partial charge in [0, 0.05) is 17.5 Å². The molecule has 0 aliphatic rings. The molecular weight excluding hydrogens is 922 g/mol. The number of aromatic nitrogens is 8. The van der Waals surface area contributed by atoms with E-state index in [1.165, 1.54) is 6.07 Å². The standard InChI is InChI=1S/C37H27Br4N9O2/c38-27-15-29(42-36(27)40)34(22-9-3-1-4-10-22)49-20-24(44-46-49)18-48(33-17-31(51)26-13-7-8-14-32(26)52-33)19-25-21-50(47-45-25)35(23-11-5-2-6-12-23)30-16-28(39)37(41)43-30/h1-17,20-21,34-35,42-43H,18-19H2. The maximum absolute atomic E-state index is 13.3. The smallest absolute Gasteiger partial charge is 0.200 e. The van der Waals surface area contributed by atoms with Crippen molar-refractivity contribution in [3.8, 4) is 0 Å². The van der Waals surface area contributed by atoms with Crippen LogP contribution in [0.25, 0.3) is 11.0 Å². The molecule has 0 spiro atoms. The van der Waals surface area contributed by atoms with Crippen LogP contribution in [-0.2, 0) is 13.1 Å². The molecule has 0 radical (unpaired) electrons. The highest BCUT2D eigenvalue weighted by Crippen LogP contribution is 2.34. The van der Waals surface area contributed by atoms with E-state index >= 15 is 0 Å². The Morgan fingerprint density at radius 3 is 1.62 bits per heavy atom. The van der Waals surface area contributed by atoms with Gasteiger partial charge in [-0.1, -0.05) is 83.2 Å². The van der Waals surface area contributed by atoms with Crippen LogP contribution >= 0.6 is 63.7 Å². The molecule has 3 aromatic carbocycles. The first-order chi connectivity index (χ1) is 25.3. The van der Waals surface area contributed by atoms with Gasteiger partial charge < -0.3 is 19.3 Å². The minimum absolute atomic E-state index is 0.145. The van der Waals surface area contributed by atoms with Crippen LogP contribution in [0.2, 0.25) is 0 Å². The summed E-state index contributed by atoms with van der Waals surface area (Å²) < 4.78 is 13.5. The fourth-order valence-corrected chi connectivity index (χ4v) is 7.61. The fourth-order valence-electron chi connectivity index (χ4n) is 6.23. The predicted octanol–water partition coefficient (Wildman–Crippen LogP) is 9.16. The van der Waals surface area contributed by atoms with Crippen LogP contribution in [0.4, 0.5) is 5.88 Å². The van der Waals surface area contributed by atoms with Crippen molar-refractivity contribution in [1.82, 2.24) is 40.0 Å². The van der Waals surface area contributed by atoms with Gasteiger partial charge in [0.25, 0.3) is 0 Å². The average Bonchev–Trinajstić information content (AvgIpc) is 3.95. The third-order valence-electron chi connectivity index (χ3n) is 8.60. The van der Waals surface area contributed by atoms with E-state index in [0.717, 1.165) is 40.7 Å². The van der Waals surface area contributed by atoms with Crippen molar-refractivity contribution in [2.24, 2.45) is 0 Å². The second kappa shape index (κ2) is 14.8. The van der Waals surface area contributed by atoms with E-state index in [0.29, 0.717) is 28.2 Å². The van der Waals surface area contributed by atoms with Crippen molar-refractivity contribution < 1.29 is 4.42 Å². The highest BCUT2D eigenvalue weighted by Gasteiger charge is 2.25. The highest BCUT2D eigenvalue weighted by molar-refractivity contribution is 9.13. The zero-order valence-corrected chi connectivity index (χ0v) is 33.3. The summed E-state index contributed by atoms with van der Waals surface area (Å²) in [6, 6.07) is 32.4. The normalized spacial score (nSPS) is 12.7. The summed E-state index contributed by atoms with van der Waals surface area (Å²) in [5, 5.41) is 18.9. The Hall–Kier alpha value is -4.57. The van der Waals surface area contributed by atoms with Crippen molar-refractivity contribution in [2.45, 2.75) is 25.2 Å². The largest absolute Gasteiger partial charge is 0.440 e. The Morgan fingerprint density at radius 2 is 1.13 bits per heavy atom. The van der Waals surface area contributed by atoms with Gasteiger partial charge >= 0.3 is 0 Å². The van der Waals surface area contributed by atoms with Gasteiger partial charge in [-0.15, -0.1) is 10.2 Å². The summed E-state index contributed by atoms with van der Waals surface area (Å²) >= 11 is 14.4. The zero-order valence-electron chi connectivity index (χ0n) is 27.0. The van der Waals surface area contributed by atoms with Crippen LogP contribution in [0.1, 0.15) is 46.0 Å². The third kappa shape index (κ3) is 7.09. The molecule has 0 amide bonds. The van der Waals surface area contributed by atoms with Crippen LogP contribution in [0, 0.1) is 0 Å². The van der Waals surface area contributed by atoms with Gasteiger partial charge in [0.05, 0.1) is 49.0 Å². The molecule has 0 saturated carbocycles. The van der Waals surface area contributed by atoms with Crippen molar-refractivity contribution >= 4 is 80.6 Å². The molecule has 0 saturated heterocycles. The predicted molar refractivity (Wildman–Crippen MR) is 212 cm³/mol. The molecule has 2 atom stereocenters. The number of rotatable bonds is 11. The van der Waals surface area contributed by atoms with Gasteiger partial charge in [-0.3, -0.25) is 4.79 Å². The van der Waals surface area contributed by atoms with E-state index in [9.17, 15) is 4.79 Å². The topological polar surface area (TPSA) is 126 Å². The van der Waals surface area contributed by atoms with E-state index in [-0.39, 0.29) is 30.6 Å². The van der Waals surface area contributed by atoms with Crippen molar-refractivity contribution in [3.05, 3.63) is 178 Å². The molecule has 11 nitrogen and oxygen atoms in total. The average molecular weight is 949 g/mol. The van der Waals surface area contributed by atoms with E-state index < -0.39 is 0 Å². The SMILES string of the molecule is O=c1cc(N(Cc2cn(C(c3ccccc3)c3cc(Br)c(Br)[nH]3)nn2)Cc2cn(C(c3ccccc3)c3cc(Br)c(Br)[nH]3)nn2)oc2ccccc12. The van der Waals surface area contributed by atoms with Crippen LogP contribution < -0.4 is 10.3 Å². The van der Waals surface area contributed by atoms with Gasteiger partial charge in [0.2, 0.25) is 5.88 Å². The van der Waals surface area contributed by atoms with Gasteiger partial charge in [-0.25, -0.2) is 9.36 Å². The number of hydrogen-bond acceptors (Lipinski definition) is 7. The number of nitrogens with one attached hydrogen (secondary N) is 2. The summed E-state index contributed by atoms with van der Waals surface area (Å²) in [6.07, 6.45) is 3.82. The van der Waals surface area contributed by atoms with Crippen molar-refractivity contribution in [1.29, 1.82) is 0 Å². The quantitative estimate of drug-likeness (QED) is 0.133. The molecule has 52 heavy (non-hydrogen) atoms. The first-order valence-electron chi connectivity index (χ1n) is 16.1. The Labute approximate surface area is 330 Å². The minimum atomic E-state index is -0.278. The van der Waals surface area contributed by atoms with E-state index in [4.69, 9.17) is 4.42 Å². The van der Waals surface area contributed by atoms with Crippen molar-refractivity contribution in [3.63, 3.8) is 0 Å². The molecule has 0 aliphatic carbocycles. The number of nitrogens with zero attached hydrogens (tertiary/aromatic N) is 7. The maximum Gasteiger partial charge on any atom is 0.200 e. The van der Waals surface area contributed by atoms with Gasteiger partial charge in [0.15, 0.2) is 5.43 Å². The summed E-state index contributed by atoms with van der Waals surface area (Å²) in [5.41, 5.74) is 5.57. The molecule has 15 heteroatoms. The maximum atomic E-state index is 13.3. The lowest BCUT2D eigenvalue weighted by atomic mass is 10.0. The molecule has 5 aromatic heterocycles. The first kappa shape index (κ1) is 34.5. The number of anilines is 1. The van der Waals surface area contributed by atoms with Gasteiger partial charge in [0.1, 0.15) is 29.1 Å². The van der Waals surface area contributed by atoms with Gasteiger partial charge in [-0.05, 0) is 99.1 Å². The molecular formula is C37H27Br4N9O2. The Morgan fingerprint density at radius 1 is 0.654 bits per heavy atom. The lowest BCUT2D eigenvalue weighted by Gasteiger charge is -2.21. The summed E-state index contributed by atoms with van der Waals surface area (Å²) in [4.78, 5) is 22.1. The van der Waals surface area contributed by atoms with Crippen LogP contribution in [0.3, 0.4) is 0 Å².